The number of rotatable bonds is 11. The molecule has 1 aromatic rings. The van der Waals surface area contributed by atoms with Crippen molar-refractivity contribution in [3.63, 3.8) is 0 Å². The molecule has 4 radical (unpaired) electrons. The maximum atomic E-state index is 10.5. The molecule has 0 aliphatic heterocycles. The van der Waals surface area contributed by atoms with E-state index in [0.29, 0.717) is 5.56 Å². The van der Waals surface area contributed by atoms with Crippen LogP contribution in [-0.2, 0) is 11.2 Å². The third-order valence-electron chi connectivity index (χ3n) is 4.06. The van der Waals surface area contributed by atoms with Crippen LogP contribution in [-0.4, -0.2) is 35.8 Å². The number of aryl methyl sites for hydroxylation is 1. The van der Waals surface area contributed by atoms with Gasteiger partial charge in [-0.05, 0) is 24.8 Å². The van der Waals surface area contributed by atoms with E-state index in [0.717, 1.165) is 37.7 Å². The van der Waals surface area contributed by atoms with Crippen LogP contribution in [0.1, 0.15) is 114 Å². The van der Waals surface area contributed by atoms with Crippen molar-refractivity contribution in [1.82, 2.24) is 0 Å². The summed E-state index contributed by atoms with van der Waals surface area (Å²) in [6.45, 7) is 15.5. The van der Waals surface area contributed by atoms with Gasteiger partial charge in [-0.2, -0.15) is 0 Å². The van der Waals surface area contributed by atoms with E-state index in [1.54, 1.807) is 18.2 Å². The Kier molecular flexibility index (Phi) is 37.5. The second-order valence-corrected chi connectivity index (χ2v) is 6.90. The van der Waals surface area contributed by atoms with Crippen LogP contribution >= 0.6 is 0 Å². The first-order valence-corrected chi connectivity index (χ1v) is 11.4. The number of carbonyl (C=O) groups excluding carboxylic acids is 2. The average Bonchev–Trinajstić information content (AvgIpc) is 2.76. The minimum absolute atomic E-state index is 0. The van der Waals surface area contributed by atoms with Gasteiger partial charge in [0.1, 0.15) is 0 Å². The molecule has 5 heteroatoms. The van der Waals surface area contributed by atoms with E-state index in [9.17, 15) is 19.8 Å². The maximum Gasteiger partial charge on any atom is 2.00 e. The number of aliphatic carboxylic acids is 1. The zero-order chi connectivity index (χ0) is 23.6. The third kappa shape index (κ3) is 31.2. The Labute approximate surface area is 209 Å². The third-order valence-corrected chi connectivity index (χ3v) is 4.06. The van der Waals surface area contributed by atoms with Crippen molar-refractivity contribution in [2.45, 2.75) is 105 Å². The Bertz CT molecular complexity index is 496. The van der Waals surface area contributed by atoms with E-state index in [1.165, 1.54) is 38.5 Å². The minimum Gasteiger partial charge on any atom is -0.550 e. The van der Waals surface area contributed by atoms with Crippen LogP contribution in [0.2, 0.25) is 0 Å². The van der Waals surface area contributed by atoms with Gasteiger partial charge < -0.3 is 19.8 Å². The molecule has 0 amide bonds. The van der Waals surface area contributed by atoms with Gasteiger partial charge in [0, 0.05) is 11.5 Å². The Balaban J connectivity index is -0.000000172. The first kappa shape index (κ1) is 37.3. The van der Waals surface area contributed by atoms with Crippen LogP contribution in [0.15, 0.2) is 24.3 Å². The Morgan fingerprint density at radius 2 is 1.23 bits per heavy atom. The van der Waals surface area contributed by atoms with Crippen molar-refractivity contribution in [3.8, 4) is 0 Å². The molecular weight excluding hydrogens is 495 g/mol. The molecule has 1 rings (SSSR count). The summed E-state index contributed by atoms with van der Waals surface area (Å²) in [6.07, 6.45) is 12.2. The SMILES string of the molecule is CCCCCCCCC(=O)[O-].CCc1ccccc1C(=O)[O-].[CH2]CCC.[CH2]CCC.[Sn+2]. The molecule has 176 valence electrons. The van der Waals surface area contributed by atoms with Crippen LogP contribution in [0.4, 0.5) is 0 Å². The van der Waals surface area contributed by atoms with Gasteiger partial charge in [-0.15, -0.1) is 0 Å². The number of carboxylic acid groups (broad SMARTS) is 2. The van der Waals surface area contributed by atoms with Crippen LogP contribution in [0.25, 0.3) is 0 Å². The van der Waals surface area contributed by atoms with E-state index >= 15 is 0 Å². The molecule has 0 aliphatic rings. The second-order valence-electron chi connectivity index (χ2n) is 6.90. The summed E-state index contributed by atoms with van der Waals surface area (Å²) >= 11 is 0. The molecule has 0 aliphatic carbocycles. The minimum atomic E-state index is -1.09. The van der Waals surface area contributed by atoms with Gasteiger partial charge >= 0.3 is 23.9 Å². The van der Waals surface area contributed by atoms with Gasteiger partial charge in [-0.25, -0.2) is 0 Å². The predicted octanol–water partition coefficient (Wildman–Crippen LogP) is 4.96. The summed E-state index contributed by atoms with van der Waals surface area (Å²) in [5, 5.41) is 20.4. The van der Waals surface area contributed by atoms with Gasteiger partial charge in [0.05, 0.1) is 5.97 Å². The van der Waals surface area contributed by atoms with E-state index in [4.69, 9.17) is 0 Å². The summed E-state index contributed by atoms with van der Waals surface area (Å²) < 4.78 is 0. The van der Waals surface area contributed by atoms with Crippen molar-refractivity contribution in [2.75, 3.05) is 0 Å². The normalized spacial score (nSPS) is 8.84. The number of hydrogen-bond acceptors (Lipinski definition) is 4. The molecule has 0 saturated heterocycles. The van der Waals surface area contributed by atoms with Crippen molar-refractivity contribution < 1.29 is 19.8 Å². The summed E-state index contributed by atoms with van der Waals surface area (Å²) in [5.74, 6) is -2.01. The summed E-state index contributed by atoms with van der Waals surface area (Å²) in [4.78, 5) is 20.4. The molecule has 1 aromatic carbocycles. The Morgan fingerprint density at radius 3 is 1.58 bits per heavy atom. The fourth-order valence-electron chi connectivity index (χ4n) is 2.08. The van der Waals surface area contributed by atoms with E-state index < -0.39 is 11.9 Å². The fourth-order valence-corrected chi connectivity index (χ4v) is 2.08. The van der Waals surface area contributed by atoms with E-state index in [2.05, 4.69) is 34.6 Å². The van der Waals surface area contributed by atoms with Crippen molar-refractivity contribution >= 4 is 35.8 Å². The molecule has 31 heavy (non-hydrogen) atoms. The largest absolute Gasteiger partial charge is 2.00 e. The van der Waals surface area contributed by atoms with Crippen molar-refractivity contribution in [3.05, 3.63) is 49.2 Å². The van der Waals surface area contributed by atoms with Crippen molar-refractivity contribution in [1.29, 1.82) is 0 Å². The number of hydrogen-bond donors (Lipinski definition) is 0. The zero-order valence-electron chi connectivity index (χ0n) is 20.3. The van der Waals surface area contributed by atoms with Gasteiger partial charge in [0.2, 0.25) is 0 Å². The first-order chi connectivity index (χ1) is 14.4. The number of aromatic carboxylic acids is 1. The number of carbonyl (C=O) groups is 2. The fraction of sp³-hybridized carbons (Fsp3) is 0.615. The van der Waals surface area contributed by atoms with Gasteiger partial charge in [0.25, 0.3) is 0 Å². The van der Waals surface area contributed by atoms with Gasteiger partial charge in [-0.3, -0.25) is 0 Å². The number of carboxylic acids is 2. The Hall–Kier alpha value is -1.04. The number of benzene rings is 1. The molecule has 0 bridgehead atoms. The van der Waals surface area contributed by atoms with Crippen molar-refractivity contribution in [2.24, 2.45) is 0 Å². The maximum absolute atomic E-state index is 10.5. The molecule has 0 unspecified atom stereocenters. The monoisotopic (exact) mass is 540 g/mol. The molecule has 0 heterocycles. The van der Waals surface area contributed by atoms with Crippen LogP contribution in [0, 0.1) is 13.8 Å². The molecule has 0 spiro atoms. The smallest absolute Gasteiger partial charge is 0.550 e. The molecule has 0 fully saturated rings. The molecule has 0 atom stereocenters. The molecular formula is C26H44O4Sn. The van der Waals surface area contributed by atoms with E-state index in [-0.39, 0.29) is 30.3 Å². The van der Waals surface area contributed by atoms with Crippen LogP contribution in [0.5, 0.6) is 0 Å². The summed E-state index contributed by atoms with van der Waals surface area (Å²) in [5.41, 5.74) is 1.13. The predicted molar refractivity (Wildman–Crippen MR) is 129 cm³/mol. The first-order valence-electron chi connectivity index (χ1n) is 11.4. The second kappa shape index (κ2) is 31.1. The Morgan fingerprint density at radius 1 is 0.774 bits per heavy atom. The van der Waals surface area contributed by atoms with Crippen LogP contribution < -0.4 is 10.2 Å². The van der Waals surface area contributed by atoms with Crippen LogP contribution in [0.3, 0.4) is 0 Å². The van der Waals surface area contributed by atoms with E-state index in [1.807, 2.05) is 13.0 Å². The molecule has 4 nitrogen and oxygen atoms in total. The topological polar surface area (TPSA) is 80.3 Å². The van der Waals surface area contributed by atoms with Gasteiger partial charge in [-0.1, -0.05) is 124 Å². The summed E-state index contributed by atoms with van der Waals surface area (Å²) in [6, 6.07) is 6.88. The molecule has 0 aromatic heterocycles. The molecule has 0 N–H and O–H groups in total. The quantitative estimate of drug-likeness (QED) is 0.294. The zero-order valence-corrected chi connectivity index (χ0v) is 23.2. The summed E-state index contributed by atoms with van der Waals surface area (Å²) in [7, 11) is 0. The standard InChI is InChI=1S/C9H10O2.C9H18O2.2C4H9.Sn/c1-2-7-5-3-4-6-8(7)9(10)11;1-2-3-4-5-6-7-8-9(10)11;2*1-3-4-2;/h3-6H,2H2,1H3,(H,10,11);2-8H2,1H3,(H,10,11);2*1,3-4H2,2H3;/q;;;;+2/p-2. The number of unbranched alkanes of at least 4 members (excludes halogenated alkanes) is 7. The molecule has 0 saturated carbocycles. The average molecular weight is 539 g/mol. The van der Waals surface area contributed by atoms with Gasteiger partial charge in [0.15, 0.2) is 0 Å².